The molecule has 0 radical (unpaired) electrons. The van der Waals surface area contributed by atoms with Crippen LogP contribution in [0.15, 0.2) is 30.5 Å². The van der Waals surface area contributed by atoms with Gasteiger partial charge >= 0.3 is 5.97 Å². The van der Waals surface area contributed by atoms with Gasteiger partial charge in [-0.2, -0.15) is 0 Å². The van der Waals surface area contributed by atoms with Gasteiger partial charge in [-0.05, 0) is 38.3 Å². The zero-order chi connectivity index (χ0) is 12.8. The lowest BCUT2D eigenvalue weighted by atomic mass is 10.0. The van der Waals surface area contributed by atoms with E-state index in [4.69, 9.17) is 4.74 Å². The average molecular weight is 246 g/mol. The van der Waals surface area contributed by atoms with Crippen LogP contribution in [0.25, 0.3) is 0 Å². The van der Waals surface area contributed by atoms with Crippen molar-refractivity contribution < 1.29 is 9.53 Å². The predicted molar refractivity (Wildman–Crippen MR) is 70.6 cm³/mol. The molecule has 96 valence electrons. The molecule has 1 aromatic rings. The second kappa shape index (κ2) is 6.19. The van der Waals surface area contributed by atoms with E-state index in [2.05, 4.69) is 22.5 Å². The lowest BCUT2D eigenvalue weighted by Crippen LogP contribution is -2.23. The van der Waals surface area contributed by atoms with E-state index in [0.29, 0.717) is 24.0 Å². The van der Waals surface area contributed by atoms with Crippen LogP contribution < -0.4 is 5.32 Å². The first-order valence-corrected chi connectivity index (χ1v) is 6.35. The quantitative estimate of drug-likeness (QED) is 0.655. The van der Waals surface area contributed by atoms with Crippen molar-refractivity contribution >= 4 is 11.8 Å². The summed E-state index contributed by atoms with van der Waals surface area (Å²) in [4.78, 5) is 16.0. The summed E-state index contributed by atoms with van der Waals surface area (Å²) in [6, 6.07) is 3.84. The van der Waals surface area contributed by atoms with Crippen molar-refractivity contribution in [2.24, 2.45) is 0 Å². The SMILES string of the molecule is CCOC(=O)c1cccnc1NC1CC=CCC1. The van der Waals surface area contributed by atoms with Crippen molar-refractivity contribution in [3.63, 3.8) is 0 Å². The van der Waals surface area contributed by atoms with Crippen molar-refractivity contribution in [3.05, 3.63) is 36.0 Å². The Hall–Kier alpha value is -1.84. The zero-order valence-corrected chi connectivity index (χ0v) is 10.6. The Balaban J connectivity index is 2.11. The van der Waals surface area contributed by atoms with Crippen LogP contribution in [0, 0.1) is 0 Å². The van der Waals surface area contributed by atoms with Crippen LogP contribution in [0.5, 0.6) is 0 Å². The highest BCUT2D eigenvalue weighted by Gasteiger charge is 2.16. The molecule has 0 aliphatic heterocycles. The molecule has 0 saturated heterocycles. The predicted octanol–water partition coefficient (Wildman–Crippen LogP) is 2.78. The summed E-state index contributed by atoms with van der Waals surface area (Å²) >= 11 is 0. The van der Waals surface area contributed by atoms with E-state index >= 15 is 0 Å². The lowest BCUT2D eigenvalue weighted by Gasteiger charge is -2.21. The largest absolute Gasteiger partial charge is 0.462 e. The molecule has 18 heavy (non-hydrogen) atoms. The van der Waals surface area contributed by atoms with Gasteiger partial charge in [-0.15, -0.1) is 0 Å². The maximum Gasteiger partial charge on any atom is 0.341 e. The van der Waals surface area contributed by atoms with Crippen molar-refractivity contribution in [2.75, 3.05) is 11.9 Å². The van der Waals surface area contributed by atoms with E-state index in [9.17, 15) is 4.79 Å². The van der Waals surface area contributed by atoms with Gasteiger partial charge in [0.1, 0.15) is 11.4 Å². The number of hydrogen-bond acceptors (Lipinski definition) is 4. The molecule has 4 nitrogen and oxygen atoms in total. The second-order valence-corrected chi connectivity index (χ2v) is 4.25. The second-order valence-electron chi connectivity index (χ2n) is 4.25. The topological polar surface area (TPSA) is 51.2 Å². The fourth-order valence-corrected chi connectivity index (χ4v) is 2.01. The molecule has 0 saturated carbocycles. The average Bonchev–Trinajstić information content (AvgIpc) is 2.41. The van der Waals surface area contributed by atoms with E-state index in [1.54, 1.807) is 25.3 Å². The minimum Gasteiger partial charge on any atom is -0.462 e. The Morgan fingerprint density at radius 2 is 2.44 bits per heavy atom. The van der Waals surface area contributed by atoms with Crippen LogP contribution in [-0.2, 0) is 4.74 Å². The number of esters is 1. The van der Waals surface area contributed by atoms with Gasteiger partial charge in [0.25, 0.3) is 0 Å². The highest BCUT2D eigenvalue weighted by Crippen LogP contribution is 2.19. The maximum atomic E-state index is 11.8. The Labute approximate surface area is 107 Å². The van der Waals surface area contributed by atoms with Crippen LogP contribution in [0.3, 0.4) is 0 Å². The Bertz CT molecular complexity index is 443. The highest BCUT2D eigenvalue weighted by molar-refractivity contribution is 5.94. The van der Waals surface area contributed by atoms with Crippen molar-refractivity contribution in [3.8, 4) is 0 Å². The van der Waals surface area contributed by atoms with Crippen molar-refractivity contribution in [1.29, 1.82) is 0 Å². The first-order valence-electron chi connectivity index (χ1n) is 6.35. The number of allylic oxidation sites excluding steroid dienone is 1. The van der Waals surface area contributed by atoms with E-state index in [0.717, 1.165) is 19.3 Å². The third-order valence-electron chi connectivity index (χ3n) is 2.91. The molecular weight excluding hydrogens is 228 g/mol. The standard InChI is InChI=1S/C14H18N2O2/c1-2-18-14(17)12-9-6-10-15-13(12)16-11-7-4-3-5-8-11/h3-4,6,9-11H,2,5,7-8H2,1H3,(H,15,16). The van der Waals surface area contributed by atoms with Gasteiger partial charge in [0.2, 0.25) is 0 Å². The number of ether oxygens (including phenoxy) is 1. The summed E-state index contributed by atoms with van der Waals surface area (Å²) in [5, 5.41) is 3.33. The molecule has 1 aliphatic rings. The summed E-state index contributed by atoms with van der Waals surface area (Å²) < 4.78 is 5.02. The van der Waals surface area contributed by atoms with Gasteiger partial charge < -0.3 is 10.1 Å². The molecule has 1 heterocycles. The minimum absolute atomic E-state index is 0.320. The Morgan fingerprint density at radius 1 is 1.56 bits per heavy atom. The van der Waals surface area contributed by atoms with E-state index in [-0.39, 0.29) is 5.97 Å². The maximum absolute atomic E-state index is 11.8. The fourth-order valence-electron chi connectivity index (χ4n) is 2.01. The number of pyridine rings is 1. The minimum atomic E-state index is -0.320. The number of rotatable bonds is 4. The molecule has 1 aromatic heterocycles. The van der Waals surface area contributed by atoms with Crippen LogP contribution in [0.4, 0.5) is 5.82 Å². The number of carbonyl (C=O) groups excluding carboxylic acids is 1. The molecule has 2 rings (SSSR count). The van der Waals surface area contributed by atoms with E-state index < -0.39 is 0 Å². The van der Waals surface area contributed by atoms with E-state index in [1.807, 2.05) is 0 Å². The smallest absolute Gasteiger partial charge is 0.341 e. The number of aromatic nitrogens is 1. The molecule has 1 aliphatic carbocycles. The fraction of sp³-hybridized carbons (Fsp3) is 0.429. The summed E-state index contributed by atoms with van der Waals surface area (Å²) in [6.07, 6.45) is 9.13. The summed E-state index contributed by atoms with van der Waals surface area (Å²) in [5.74, 6) is 0.302. The third-order valence-corrected chi connectivity index (χ3v) is 2.91. The van der Waals surface area contributed by atoms with Crippen molar-refractivity contribution in [1.82, 2.24) is 4.98 Å². The zero-order valence-electron chi connectivity index (χ0n) is 10.6. The Kier molecular flexibility index (Phi) is 4.34. The molecule has 4 heteroatoms. The molecule has 0 amide bonds. The summed E-state index contributed by atoms with van der Waals surface area (Å²) in [6.45, 7) is 2.17. The molecule has 1 atom stereocenters. The molecule has 1 unspecified atom stereocenters. The van der Waals surface area contributed by atoms with E-state index in [1.165, 1.54) is 0 Å². The monoisotopic (exact) mass is 246 g/mol. The summed E-state index contributed by atoms with van der Waals surface area (Å²) in [7, 11) is 0. The highest BCUT2D eigenvalue weighted by atomic mass is 16.5. The van der Waals surface area contributed by atoms with Gasteiger partial charge in [-0.1, -0.05) is 12.2 Å². The van der Waals surface area contributed by atoms with Gasteiger partial charge in [-0.25, -0.2) is 9.78 Å². The number of hydrogen-bond donors (Lipinski definition) is 1. The van der Waals surface area contributed by atoms with Crippen LogP contribution in [-0.4, -0.2) is 23.6 Å². The number of carbonyl (C=O) groups is 1. The molecular formula is C14H18N2O2. The number of anilines is 1. The third kappa shape index (κ3) is 3.09. The first-order chi connectivity index (χ1) is 8.81. The van der Waals surface area contributed by atoms with Crippen LogP contribution in [0.2, 0.25) is 0 Å². The van der Waals surface area contributed by atoms with Crippen molar-refractivity contribution in [2.45, 2.75) is 32.2 Å². The normalized spacial score (nSPS) is 18.4. The first kappa shape index (κ1) is 12.6. The van der Waals surface area contributed by atoms with Gasteiger partial charge in [0.05, 0.1) is 6.61 Å². The molecule has 1 N–H and O–H groups in total. The number of nitrogens with one attached hydrogen (secondary N) is 1. The van der Waals surface area contributed by atoms with Gasteiger partial charge in [0.15, 0.2) is 0 Å². The molecule has 0 aromatic carbocycles. The Morgan fingerprint density at radius 3 is 3.17 bits per heavy atom. The molecule has 0 bridgehead atoms. The van der Waals surface area contributed by atoms with Crippen LogP contribution >= 0.6 is 0 Å². The van der Waals surface area contributed by atoms with Crippen LogP contribution in [0.1, 0.15) is 36.5 Å². The molecule has 0 fully saturated rings. The molecule has 0 spiro atoms. The van der Waals surface area contributed by atoms with Gasteiger partial charge in [0, 0.05) is 12.2 Å². The lowest BCUT2D eigenvalue weighted by molar-refractivity contribution is 0.0527. The summed E-state index contributed by atoms with van der Waals surface area (Å²) in [5.41, 5.74) is 0.508. The number of nitrogens with zero attached hydrogens (tertiary/aromatic N) is 1. The van der Waals surface area contributed by atoms with Gasteiger partial charge in [-0.3, -0.25) is 0 Å².